The summed E-state index contributed by atoms with van der Waals surface area (Å²) in [4.78, 5) is 18.2. The standard InChI is InChI=1S/C15H15N5O5S2/c21-12(22)8-26-15-17-14-13(18-19-15)10-7-9(1-2-11(10)16-14)27(23,24)20-3-5-25-6-4-20/h1-2,7H,3-6,8H2,(H,21,22)(H,16,17,19). The summed E-state index contributed by atoms with van der Waals surface area (Å²) in [5.74, 6) is -1.15. The van der Waals surface area contributed by atoms with Crippen molar-refractivity contribution in [1.82, 2.24) is 24.5 Å². The lowest BCUT2D eigenvalue weighted by Crippen LogP contribution is -2.40. The molecule has 3 aromatic rings. The molecule has 0 spiro atoms. The van der Waals surface area contributed by atoms with Gasteiger partial charge in [0.1, 0.15) is 5.52 Å². The summed E-state index contributed by atoms with van der Waals surface area (Å²) < 4.78 is 32.3. The molecule has 1 aromatic carbocycles. The van der Waals surface area contributed by atoms with Gasteiger partial charge < -0.3 is 14.8 Å². The number of hydrogen-bond acceptors (Lipinski definition) is 8. The summed E-state index contributed by atoms with van der Waals surface area (Å²) in [5, 5.41) is 17.6. The van der Waals surface area contributed by atoms with Gasteiger partial charge in [-0.05, 0) is 18.2 Å². The van der Waals surface area contributed by atoms with Crippen molar-refractivity contribution in [2.24, 2.45) is 0 Å². The van der Waals surface area contributed by atoms with E-state index in [1.54, 1.807) is 12.1 Å². The lowest BCUT2D eigenvalue weighted by molar-refractivity contribution is -0.133. The molecule has 142 valence electrons. The number of ether oxygens (including phenoxy) is 1. The van der Waals surface area contributed by atoms with Crippen molar-refractivity contribution in [1.29, 1.82) is 0 Å². The number of benzene rings is 1. The number of sulfonamides is 1. The van der Waals surface area contributed by atoms with Crippen LogP contribution in [0.5, 0.6) is 0 Å². The Labute approximate surface area is 158 Å². The first-order valence-corrected chi connectivity index (χ1v) is 10.5. The van der Waals surface area contributed by atoms with E-state index in [-0.39, 0.29) is 15.8 Å². The van der Waals surface area contributed by atoms with E-state index in [4.69, 9.17) is 9.84 Å². The van der Waals surface area contributed by atoms with Crippen molar-refractivity contribution in [3.63, 3.8) is 0 Å². The second-order valence-corrected chi connectivity index (χ2v) is 8.70. The Morgan fingerprint density at radius 1 is 1.30 bits per heavy atom. The molecule has 27 heavy (non-hydrogen) atoms. The van der Waals surface area contributed by atoms with E-state index in [2.05, 4.69) is 20.2 Å². The zero-order chi connectivity index (χ0) is 19.0. The number of carboxylic acid groups (broad SMARTS) is 1. The molecule has 0 unspecified atom stereocenters. The van der Waals surface area contributed by atoms with Gasteiger partial charge in [-0.2, -0.15) is 4.31 Å². The maximum absolute atomic E-state index is 12.8. The van der Waals surface area contributed by atoms with Crippen molar-refractivity contribution in [3.05, 3.63) is 18.2 Å². The molecule has 1 saturated heterocycles. The molecule has 1 aliphatic rings. The third-order valence-corrected chi connectivity index (χ3v) is 6.82. The zero-order valence-electron chi connectivity index (χ0n) is 14.0. The van der Waals surface area contributed by atoms with E-state index in [0.717, 1.165) is 11.8 Å². The number of fused-ring (bicyclic) bond motifs is 3. The normalized spacial score (nSPS) is 16.1. The van der Waals surface area contributed by atoms with Gasteiger partial charge in [0.25, 0.3) is 0 Å². The van der Waals surface area contributed by atoms with Gasteiger partial charge in [-0.25, -0.2) is 13.4 Å². The van der Waals surface area contributed by atoms with Crippen LogP contribution in [0.25, 0.3) is 22.1 Å². The molecule has 3 heterocycles. The summed E-state index contributed by atoms with van der Waals surface area (Å²) in [7, 11) is -3.62. The first-order chi connectivity index (χ1) is 12.9. The third kappa shape index (κ3) is 3.48. The lowest BCUT2D eigenvalue weighted by Gasteiger charge is -2.26. The fourth-order valence-corrected chi connectivity index (χ4v) is 4.76. The summed E-state index contributed by atoms with van der Waals surface area (Å²) in [6, 6.07) is 4.76. The lowest BCUT2D eigenvalue weighted by atomic mass is 10.2. The highest BCUT2D eigenvalue weighted by atomic mass is 32.2. The Morgan fingerprint density at radius 3 is 2.81 bits per heavy atom. The molecular weight excluding hydrogens is 394 g/mol. The van der Waals surface area contributed by atoms with E-state index >= 15 is 0 Å². The molecule has 2 N–H and O–H groups in total. The number of nitrogens with zero attached hydrogens (tertiary/aromatic N) is 4. The Kier molecular flexibility index (Phi) is 4.72. The predicted octanol–water partition coefficient (Wildman–Crippen LogP) is 0.704. The topological polar surface area (TPSA) is 138 Å². The number of carboxylic acids is 1. The first kappa shape index (κ1) is 18.1. The average molecular weight is 409 g/mol. The number of H-pyrrole nitrogens is 1. The molecule has 0 atom stereocenters. The fraction of sp³-hybridized carbons (Fsp3) is 0.333. The maximum Gasteiger partial charge on any atom is 0.313 e. The van der Waals surface area contributed by atoms with E-state index < -0.39 is 16.0 Å². The molecule has 12 heteroatoms. The fourth-order valence-electron chi connectivity index (χ4n) is 2.82. The molecule has 1 fully saturated rings. The van der Waals surface area contributed by atoms with Crippen LogP contribution in [-0.2, 0) is 19.6 Å². The summed E-state index contributed by atoms with van der Waals surface area (Å²) in [6.45, 7) is 1.39. The monoisotopic (exact) mass is 409 g/mol. The quantitative estimate of drug-likeness (QED) is 0.583. The SMILES string of the molecule is O=C(O)CSc1nnc2c(n1)[nH]c1ccc(S(=O)(=O)N3CCOCC3)cc12. The number of morpholine rings is 1. The van der Waals surface area contributed by atoms with Crippen LogP contribution in [0, 0.1) is 0 Å². The number of carbonyl (C=O) groups is 1. The van der Waals surface area contributed by atoms with Gasteiger partial charge in [-0.3, -0.25) is 4.79 Å². The minimum absolute atomic E-state index is 0.170. The molecule has 2 aromatic heterocycles. The third-order valence-electron chi connectivity index (χ3n) is 4.10. The van der Waals surface area contributed by atoms with Crippen LogP contribution in [0.4, 0.5) is 0 Å². The number of thioether (sulfide) groups is 1. The van der Waals surface area contributed by atoms with E-state index in [9.17, 15) is 13.2 Å². The summed E-state index contributed by atoms with van der Waals surface area (Å²) >= 11 is 0.961. The van der Waals surface area contributed by atoms with E-state index in [0.29, 0.717) is 48.4 Å². The zero-order valence-corrected chi connectivity index (χ0v) is 15.6. The summed E-state index contributed by atoms with van der Waals surface area (Å²) in [5.41, 5.74) is 1.53. The number of aromatic amines is 1. The Morgan fingerprint density at radius 2 is 2.07 bits per heavy atom. The van der Waals surface area contributed by atoms with Crippen LogP contribution in [-0.4, -0.2) is 76.0 Å². The first-order valence-electron chi connectivity index (χ1n) is 8.04. The minimum atomic E-state index is -3.62. The van der Waals surface area contributed by atoms with Crippen molar-refractivity contribution < 1.29 is 23.1 Å². The molecule has 0 saturated carbocycles. The number of aliphatic carboxylic acids is 1. The maximum atomic E-state index is 12.8. The second-order valence-electron chi connectivity index (χ2n) is 5.82. The van der Waals surface area contributed by atoms with Crippen molar-refractivity contribution in [3.8, 4) is 0 Å². The van der Waals surface area contributed by atoms with Crippen LogP contribution in [0.3, 0.4) is 0 Å². The van der Waals surface area contributed by atoms with Crippen LogP contribution in [0.2, 0.25) is 0 Å². The number of hydrogen-bond donors (Lipinski definition) is 2. The molecule has 1 aliphatic heterocycles. The predicted molar refractivity (Wildman–Crippen MR) is 97.1 cm³/mol. The largest absolute Gasteiger partial charge is 0.481 e. The summed E-state index contributed by atoms with van der Waals surface area (Å²) in [6.07, 6.45) is 0. The van der Waals surface area contributed by atoms with Gasteiger partial charge in [0.2, 0.25) is 15.2 Å². The average Bonchev–Trinajstić information content (AvgIpc) is 3.04. The van der Waals surface area contributed by atoms with Gasteiger partial charge in [0.05, 0.1) is 23.9 Å². The number of rotatable bonds is 5. The Hall–Kier alpha value is -2.28. The Balaban J connectivity index is 1.73. The number of aromatic nitrogens is 4. The van der Waals surface area contributed by atoms with Gasteiger partial charge in [0, 0.05) is 24.0 Å². The van der Waals surface area contributed by atoms with Crippen LogP contribution in [0.15, 0.2) is 28.3 Å². The molecule has 10 nitrogen and oxygen atoms in total. The second kappa shape index (κ2) is 7.03. The molecule has 0 radical (unpaired) electrons. The molecule has 0 bridgehead atoms. The van der Waals surface area contributed by atoms with E-state index in [1.807, 2.05) is 0 Å². The Bertz CT molecular complexity index is 1120. The molecular formula is C15H15N5O5S2. The van der Waals surface area contributed by atoms with Crippen molar-refractivity contribution in [2.75, 3.05) is 32.1 Å². The van der Waals surface area contributed by atoms with Crippen LogP contribution < -0.4 is 0 Å². The number of nitrogens with one attached hydrogen (secondary N) is 1. The highest BCUT2D eigenvalue weighted by molar-refractivity contribution is 7.99. The van der Waals surface area contributed by atoms with E-state index in [1.165, 1.54) is 10.4 Å². The van der Waals surface area contributed by atoms with Gasteiger partial charge >= 0.3 is 5.97 Å². The molecule has 4 rings (SSSR count). The van der Waals surface area contributed by atoms with Crippen molar-refractivity contribution >= 4 is 49.8 Å². The van der Waals surface area contributed by atoms with Gasteiger partial charge in [-0.1, -0.05) is 11.8 Å². The smallest absolute Gasteiger partial charge is 0.313 e. The molecule has 0 aliphatic carbocycles. The highest BCUT2D eigenvalue weighted by Gasteiger charge is 2.27. The highest BCUT2D eigenvalue weighted by Crippen LogP contribution is 2.27. The molecule has 0 amide bonds. The van der Waals surface area contributed by atoms with Crippen molar-refractivity contribution in [2.45, 2.75) is 10.1 Å². The van der Waals surface area contributed by atoms with Crippen LogP contribution in [0.1, 0.15) is 0 Å². The van der Waals surface area contributed by atoms with Gasteiger partial charge in [0.15, 0.2) is 5.65 Å². The minimum Gasteiger partial charge on any atom is -0.481 e. The van der Waals surface area contributed by atoms with Crippen LogP contribution >= 0.6 is 11.8 Å². The van der Waals surface area contributed by atoms with Gasteiger partial charge in [-0.15, -0.1) is 10.2 Å².